The first kappa shape index (κ1) is 14.4. The lowest BCUT2D eigenvalue weighted by Gasteiger charge is -2.38. The van der Waals surface area contributed by atoms with E-state index in [0.717, 1.165) is 38.5 Å². The Morgan fingerprint density at radius 1 is 1.26 bits per heavy atom. The number of amides is 1. The third-order valence-electron chi connectivity index (χ3n) is 4.52. The minimum Gasteiger partial charge on any atom is -0.480 e. The van der Waals surface area contributed by atoms with Crippen LogP contribution in [-0.4, -0.2) is 34.0 Å². The van der Waals surface area contributed by atoms with Crippen molar-refractivity contribution in [1.82, 2.24) is 4.90 Å². The first-order valence-electron chi connectivity index (χ1n) is 7.37. The molecular formula is C15H25NO3. The molecule has 2 atom stereocenters. The molecule has 0 bridgehead atoms. The largest absolute Gasteiger partial charge is 0.480 e. The zero-order valence-corrected chi connectivity index (χ0v) is 12.2. The quantitative estimate of drug-likeness (QED) is 0.852. The Kier molecular flexibility index (Phi) is 3.88. The third-order valence-corrected chi connectivity index (χ3v) is 4.52. The summed E-state index contributed by atoms with van der Waals surface area (Å²) in [5, 5.41) is 9.19. The van der Waals surface area contributed by atoms with Crippen LogP contribution in [-0.2, 0) is 9.59 Å². The fourth-order valence-electron chi connectivity index (χ4n) is 3.28. The van der Waals surface area contributed by atoms with Crippen LogP contribution in [0.15, 0.2) is 0 Å². The Labute approximate surface area is 115 Å². The van der Waals surface area contributed by atoms with Gasteiger partial charge < -0.3 is 10.0 Å². The van der Waals surface area contributed by atoms with E-state index in [9.17, 15) is 14.7 Å². The lowest BCUT2D eigenvalue weighted by Crippen LogP contribution is -2.48. The lowest BCUT2D eigenvalue weighted by atomic mass is 9.72. The zero-order valence-electron chi connectivity index (χ0n) is 12.2. The maximum atomic E-state index is 12.7. The topological polar surface area (TPSA) is 57.6 Å². The number of carbonyl (C=O) groups excluding carboxylic acids is 1. The van der Waals surface area contributed by atoms with Gasteiger partial charge in [0, 0.05) is 12.0 Å². The fourth-order valence-corrected chi connectivity index (χ4v) is 3.28. The molecule has 2 aliphatic carbocycles. The van der Waals surface area contributed by atoms with Gasteiger partial charge in [-0.2, -0.15) is 0 Å². The molecule has 0 aliphatic heterocycles. The van der Waals surface area contributed by atoms with Crippen molar-refractivity contribution in [2.75, 3.05) is 0 Å². The molecule has 1 amide bonds. The smallest absolute Gasteiger partial charge is 0.326 e. The summed E-state index contributed by atoms with van der Waals surface area (Å²) in [6, 6.07) is -0.520. The molecule has 0 aromatic heterocycles. The molecule has 1 N–H and O–H groups in total. The Hall–Kier alpha value is -1.06. The average molecular weight is 267 g/mol. The molecule has 2 fully saturated rings. The Morgan fingerprint density at radius 3 is 2.37 bits per heavy atom. The normalized spacial score (nSPS) is 27.6. The number of nitrogens with zero attached hydrogens (tertiary/aromatic N) is 1. The fraction of sp³-hybridized carbons (Fsp3) is 0.867. The molecule has 19 heavy (non-hydrogen) atoms. The average Bonchev–Trinajstić information content (AvgIpc) is 3.12. The molecule has 0 heterocycles. The second kappa shape index (κ2) is 5.14. The van der Waals surface area contributed by atoms with Crippen LogP contribution in [0.4, 0.5) is 0 Å². The van der Waals surface area contributed by atoms with Crippen LogP contribution < -0.4 is 0 Å². The van der Waals surface area contributed by atoms with Gasteiger partial charge in [0.1, 0.15) is 6.04 Å². The summed E-state index contributed by atoms with van der Waals surface area (Å²) in [6.07, 6.45) is 5.95. The number of hydrogen-bond donors (Lipinski definition) is 1. The van der Waals surface area contributed by atoms with Gasteiger partial charge in [-0.25, -0.2) is 4.79 Å². The van der Waals surface area contributed by atoms with Gasteiger partial charge in [-0.1, -0.05) is 20.3 Å². The first-order chi connectivity index (χ1) is 8.82. The van der Waals surface area contributed by atoms with Crippen LogP contribution >= 0.6 is 0 Å². The molecule has 2 rings (SSSR count). The van der Waals surface area contributed by atoms with Crippen molar-refractivity contribution in [3.63, 3.8) is 0 Å². The molecule has 108 valence electrons. The van der Waals surface area contributed by atoms with Gasteiger partial charge in [-0.05, 0) is 44.4 Å². The SMILES string of the molecule is CC(C(=O)O)N(C(=O)C1CCCC(C)(C)C1)C1CC1. The molecule has 2 saturated carbocycles. The molecule has 0 spiro atoms. The predicted molar refractivity (Wildman–Crippen MR) is 72.7 cm³/mol. The van der Waals surface area contributed by atoms with Gasteiger partial charge in [-0.15, -0.1) is 0 Å². The van der Waals surface area contributed by atoms with Crippen LogP contribution in [0.5, 0.6) is 0 Å². The highest BCUT2D eigenvalue weighted by molar-refractivity contribution is 5.85. The van der Waals surface area contributed by atoms with Gasteiger partial charge in [0.05, 0.1) is 0 Å². The maximum Gasteiger partial charge on any atom is 0.326 e. The molecule has 0 aromatic carbocycles. The van der Waals surface area contributed by atoms with Crippen molar-refractivity contribution < 1.29 is 14.7 Å². The van der Waals surface area contributed by atoms with Gasteiger partial charge >= 0.3 is 5.97 Å². The Bertz CT molecular complexity index is 374. The second-order valence-corrected chi connectivity index (χ2v) is 6.95. The summed E-state index contributed by atoms with van der Waals surface area (Å²) in [7, 11) is 0. The van der Waals surface area contributed by atoms with E-state index in [1.54, 1.807) is 11.8 Å². The highest BCUT2D eigenvalue weighted by Gasteiger charge is 2.42. The molecule has 2 aliphatic rings. The van der Waals surface area contributed by atoms with Crippen LogP contribution in [0, 0.1) is 11.3 Å². The van der Waals surface area contributed by atoms with E-state index in [4.69, 9.17) is 0 Å². The summed E-state index contributed by atoms with van der Waals surface area (Å²) in [6.45, 7) is 6.04. The van der Waals surface area contributed by atoms with Gasteiger partial charge in [-0.3, -0.25) is 4.79 Å². The summed E-state index contributed by atoms with van der Waals surface area (Å²) in [5.41, 5.74) is 0.209. The van der Waals surface area contributed by atoms with E-state index < -0.39 is 12.0 Å². The third kappa shape index (κ3) is 3.28. The molecule has 4 nitrogen and oxygen atoms in total. The number of rotatable bonds is 4. The first-order valence-corrected chi connectivity index (χ1v) is 7.37. The monoisotopic (exact) mass is 267 g/mol. The molecule has 0 radical (unpaired) electrons. The minimum absolute atomic E-state index is 0.0196. The number of carboxylic acids is 1. The maximum absolute atomic E-state index is 12.7. The van der Waals surface area contributed by atoms with Gasteiger partial charge in [0.25, 0.3) is 0 Å². The van der Waals surface area contributed by atoms with Crippen LogP contribution in [0.2, 0.25) is 0 Å². The number of carboxylic acid groups (broad SMARTS) is 1. The summed E-state index contributed by atoms with van der Waals surface area (Å²) in [5.74, 6) is -0.799. The molecule has 0 saturated heterocycles. The summed E-state index contributed by atoms with van der Waals surface area (Å²) >= 11 is 0. The van der Waals surface area contributed by atoms with Gasteiger partial charge in [0.2, 0.25) is 5.91 Å². The highest BCUT2D eigenvalue weighted by atomic mass is 16.4. The standard InChI is InChI=1S/C15H25NO3/c1-10(14(18)19)16(12-6-7-12)13(17)11-5-4-8-15(2,3)9-11/h10-12H,4-9H2,1-3H3,(H,18,19). The Morgan fingerprint density at radius 2 is 1.89 bits per heavy atom. The van der Waals surface area contributed by atoms with Gasteiger partial charge in [0.15, 0.2) is 0 Å². The molecule has 0 aromatic rings. The van der Waals surface area contributed by atoms with E-state index in [0.29, 0.717) is 0 Å². The van der Waals surface area contributed by atoms with Crippen molar-refractivity contribution in [3.05, 3.63) is 0 Å². The van der Waals surface area contributed by atoms with Crippen LogP contribution in [0.3, 0.4) is 0 Å². The van der Waals surface area contributed by atoms with E-state index >= 15 is 0 Å². The van der Waals surface area contributed by atoms with Crippen molar-refractivity contribution in [1.29, 1.82) is 0 Å². The predicted octanol–water partition coefficient (Wildman–Crippen LogP) is 2.67. The molecular weight excluding hydrogens is 242 g/mol. The molecule has 4 heteroatoms. The van der Waals surface area contributed by atoms with E-state index in [2.05, 4.69) is 13.8 Å². The van der Waals surface area contributed by atoms with Crippen molar-refractivity contribution >= 4 is 11.9 Å². The second-order valence-electron chi connectivity index (χ2n) is 6.95. The van der Waals surface area contributed by atoms with E-state index in [-0.39, 0.29) is 23.3 Å². The van der Waals surface area contributed by atoms with Crippen molar-refractivity contribution in [3.8, 4) is 0 Å². The number of carbonyl (C=O) groups is 2. The number of aliphatic carboxylic acids is 1. The number of hydrogen-bond acceptors (Lipinski definition) is 2. The summed E-state index contributed by atoms with van der Waals surface area (Å²) in [4.78, 5) is 25.5. The van der Waals surface area contributed by atoms with Crippen LogP contribution in [0.1, 0.15) is 59.3 Å². The van der Waals surface area contributed by atoms with E-state index in [1.165, 1.54) is 0 Å². The highest BCUT2D eigenvalue weighted by Crippen LogP contribution is 2.41. The van der Waals surface area contributed by atoms with Crippen molar-refractivity contribution in [2.24, 2.45) is 11.3 Å². The lowest BCUT2D eigenvalue weighted by molar-refractivity contribution is -0.153. The van der Waals surface area contributed by atoms with Crippen LogP contribution in [0.25, 0.3) is 0 Å². The Balaban J connectivity index is 2.09. The zero-order chi connectivity index (χ0) is 14.2. The minimum atomic E-state index is -0.893. The van der Waals surface area contributed by atoms with Crippen molar-refractivity contribution in [2.45, 2.75) is 71.4 Å². The molecule has 2 unspecified atom stereocenters. The van der Waals surface area contributed by atoms with E-state index in [1.807, 2.05) is 0 Å². The summed E-state index contributed by atoms with van der Waals surface area (Å²) < 4.78 is 0.